The molecule has 0 spiro atoms. The number of allylic oxidation sites excluding steroid dienone is 1. The van der Waals surface area contributed by atoms with Gasteiger partial charge in [0.2, 0.25) is 0 Å². The van der Waals surface area contributed by atoms with Gasteiger partial charge in [0.05, 0.1) is 0 Å². The second-order valence-electron chi connectivity index (χ2n) is 6.26. The summed E-state index contributed by atoms with van der Waals surface area (Å²) >= 11 is 3.21. The van der Waals surface area contributed by atoms with Gasteiger partial charge < -0.3 is 0 Å². The fourth-order valence-corrected chi connectivity index (χ4v) is 7.98. The van der Waals surface area contributed by atoms with Gasteiger partial charge in [0.25, 0.3) is 0 Å². The normalized spacial score (nSPS) is 29.4. The van der Waals surface area contributed by atoms with E-state index in [1.54, 1.807) is 12.1 Å². The summed E-state index contributed by atoms with van der Waals surface area (Å²) in [5, 5.41) is 0. The van der Waals surface area contributed by atoms with Crippen molar-refractivity contribution in [3.63, 3.8) is 0 Å². The standard InChI is InChI=1S/C17H20BrF3S/c1-12-8-9-15-14(10-12)11-16(22(15,18)17(19,20)21)13-6-4-2-3-5-7-13/h8-11,13H,2-7H2,1H3. The summed E-state index contributed by atoms with van der Waals surface area (Å²) in [6, 6.07) is 5.34. The van der Waals surface area contributed by atoms with Crippen LogP contribution in [-0.4, -0.2) is 5.51 Å². The second kappa shape index (κ2) is 5.90. The van der Waals surface area contributed by atoms with E-state index >= 15 is 0 Å². The summed E-state index contributed by atoms with van der Waals surface area (Å²) in [5.74, 6) is 0.0613. The summed E-state index contributed by atoms with van der Waals surface area (Å²) in [7, 11) is -3.08. The topological polar surface area (TPSA) is 0 Å². The van der Waals surface area contributed by atoms with Crippen molar-refractivity contribution in [2.45, 2.75) is 55.9 Å². The van der Waals surface area contributed by atoms with E-state index in [-0.39, 0.29) is 5.92 Å². The summed E-state index contributed by atoms with van der Waals surface area (Å²) in [6.07, 6.45) is 7.97. The molecule has 0 aromatic heterocycles. The van der Waals surface area contributed by atoms with Gasteiger partial charge in [0.1, 0.15) is 0 Å². The minimum Gasteiger partial charge on any atom is -0.160 e. The van der Waals surface area contributed by atoms with Crippen molar-refractivity contribution in [3.8, 4) is 0 Å². The lowest BCUT2D eigenvalue weighted by molar-refractivity contribution is -0.0357. The van der Waals surface area contributed by atoms with Crippen LogP contribution in [0.3, 0.4) is 0 Å². The molecular weight excluding hydrogens is 373 g/mol. The molecule has 0 amide bonds. The molecule has 0 bridgehead atoms. The maximum Gasteiger partial charge on any atom is 0.442 e. The highest BCUT2D eigenvalue weighted by Crippen LogP contribution is 2.82. The predicted octanol–water partition coefficient (Wildman–Crippen LogP) is 7.31. The molecule has 2 aliphatic rings. The Morgan fingerprint density at radius 1 is 1.09 bits per heavy atom. The second-order valence-corrected chi connectivity index (χ2v) is 11.6. The van der Waals surface area contributed by atoms with Crippen LogP contribution in [0.25, 0.3) is 6.08 Å². The zero-order valence-electron chi connectivity index (χ0n) is 12.5. The van der Waals surface area contributed by atoms with Gasteiger partial charge in [0.15, 0.2) is 0 Å². The Kier molecular flexibility index (Phi) is 4.41. The van der Waals surface area contributed by atoms with Crippen LogP contribution in [0, 0.1) is 12.8 Å². The molecule has 22 heavy (non-hydrogen) atoms. The van der Waals surface area contributed by atoms with Crippen LogP contribution < -0.4 is 0 Å². The zero-order chi connectivity index (χ0) is 16.0. The van der Waals surface area contributed by atoms with Crippen LogP contribution in [0.15, 0.2) is 28.0 Å². The molecule has 1 aliphatic heterocycles. The van der Waals surface area contributed by atoms with Gasteiger partial charge in [-0.1, -0.05) is 43.4 Å². The van der Waals surface area contributed by atoms with Gasteiger partial charge in [0, 0.05) is 4.90 Å². The highest BCUT2D eigenvalue weighted by molar-refractivity contribution is 9.59. The highest BCUT2D eigenvalue weighted by Gasteiger charge is 2.56. The summed E-state index contributed by atoms with van der Waals surface area (Å²) in [5.41, 5.74) is -2.48. The quantitative estimate of drug-likeness (QED) is 0.439. The third-order valence-electron chi connectivity index (χ3n) is 4.67. The maximum absolute atomic E-state index is 14.0. The molecule has 122 valence electrons. The monoisotopic (exact) mass is 392 g/mol. The number of rotatable bonds is 1. The van der Waals surface area contributed by atoms with Crippen molar-refractivity contribution in [1.82, 2.24) is 0 Å². The average Bonchev–Trinajstić information content (AvgIpc) is 2.63. The number of halogens is 4. The minimum absolute atomic E-state index is 0.0613. The highest BCUT2D eigenvalue weighted by atomic mass is 79.9. The van der Waals surface area contributed by atoms with Gasteiger partial charge in [-0.3, -0.25) is 0 Å². The van der Waals surface area contributed by atoms with Gasteiger partial charge >= 0.3 is 5.51 Å². The molecule has 1 heterocycles. The number of fused-ring (bicyclic) bond motifs is 1. The molecule has 3 rings (SSSR count). The molecule has 1 aromatic rings. The first kappa shape index (κ1) is 16.4. The Balaban J connectivity index is 2.09. The van der Waals surface area contributed by atoms with E-state index in [4.69, 9.17) is 0 Å². The van der Waals surface area contributed by atoms with Gasteiger partial charge in [-0.2, -0.15) is 13.2 Å². The van der Waals surface area contributed by atoms with E-state index in [2.05, 4.69) is 14.8 Å². The maximum atomic E-state index is 14.0. The van der Waals surface area contributed by atoms with Crippen molar-refractivity contribution in [2.75, 3.05) is 0 Å². The van der Waals surface area contributed by atoms with Crippen LogP contribution in [0.1, 0.15) is 49.7 Å². The molecule has 1 aliphatic carbocycles. The smallest absolute Gasteiger partial charge is 0.160 e. The first-order chi connectivity index (χ1) is 10.3. The van der Waals surface area contributed by atoms with E-state index in [0.717, 1.165) is 49.7 Å². The lowest BCUT2D eigenvalue weighted by Gasteiger charge is -2.38. The van der Waals surface area contributed by atoms with Crippen molar-refractivity contribution >= 4 is 29.4 Å². The van der Waals surface area contributed by atoms with Gasteiger partial charge in [-0.15, -0.1) is 0 Å². The number of benzene rings is 1. The third-order valence-corrected chi connectivity index (χ3v) is 10.7. The van der Waals surface area contributed by atoms with E-state index in [1.807, 2.05) is 19.1 Å². The molecule has 0 radical (unpaired) electrons. The van der Waals surface area contributed by atoms with Crippen molar-refractivity contribution < 1.29 is 13.2 Å². The Bertz CT molecular complexity index is 600. The van der Waals surface area contributed by atoms with Crippen LogP contribution >= 0.6 is 23.3 Å². The Morgan fingerprint density at radius 2 is 1.73 bits per heavy atom. The first-order valence-corrected chi connectivity index (χ1v) is 11.2. The molecular formula is C17H20BrF3S. The summed E-state index contributed by atoms with van der Waals surface area (Å²) in [6.45, 7) is 1.93. The lowest BCUT2D eigenvalue weighted by Crippen LogP contribution is -2.19. The molecule has 5 heteroatoms. The van der Waals surface area contributed by atoms with Crippen LogP contribution in [0.5, 0.6) is 0 Å². The molecule has 1 unspecified atom stereocenters. The fraction of sp³-hybridized carbons (Fsp3) is 0.529. The molecule has 1 atom stereocenters. The molecule has 0 N–H and O–H groups in total. The van der Waals surface area contributed by atoms with Gasteiger partial charge in [-0.05, 0) is 71.6 Å². The lowest BCUT2D eigenvalue weighted by atomic mass is 9.98. The summed E-state index contributed by atoms with van der Waals surface area (Å²) < 4.78 is 41.9. The number of aryl methyl sites for hydroxylation is 1. The molecule has 0 nitrogen and oxygen atoms in total. The first-order valence-electron chi connectivity index (χ1n) is 7.75. The van der Waals surface area contributed by atoms with Crippen LogP contribution in [0.4, 0.5) is 13.2 Å². The Labute approximate surface area is 138 Å². The van der Waals surface area contributed by atoms with E-state index in [9.17, 15) is 13.2 Å². The molecule has 1 saturated carbocycles. The SMILES string of the molecule is Cc1ccc2c(c1)C=C(C1CCCCCC1)S2(Br)C(F)(F)F. The molecule has 1 aromatic carbocycles. The predicted molar refractivity (Wildman–Crippen MR) is 91.2 cm³/mol. The molecule has 1 fully saturated rings. The van der Waals surface area contributed by atoms with Crippen molar-refractivity contribution in [3.05, 3.63) is 34.2 Å². The zero-order valence-corrected chi connectivity index (χ0v) is 15.0. The van der Waals surface area contributed by atoms with E-state index in [1.165, 1.54) is 0 Å². The van der Waals surface area contributed by atoms with E-state index < -0.39 is 14.0 Å². The largest absolute Gasteiger partial charge is 0.442 e. The van der Waals surface area contributed by atoms with Crippen molar-refractivity contribution in [2.24, 2.45) is 5.92 Å². The third kappa shape index (κ3) is 2.64. The average molecular weight is 393 g/mol. The molecule has 0 saturated heterocycles. The number of alkyl halides is 3. The van der Waals surface area contributed by atoms with Crippen molar-refractivity contribution in [1.29, 1.82) is 0 Å². The van der Waals surface area contributed by atoms with Crippen LogP contribution in [-0.2, 0) is 0 Å². The summed E-state index contributed by atoms with van der Waals surface area (Å²) in [4.78, 5) is 1.03. The van der Waals surface area contributed by atoms with E-state index in [0.29, 0.717) is 9.80 Å². The fourth-order valence-electron chi connectivity index (χ4n) is 3.57. The van der Waals surface area contributed by atoms with Crippen LogP contribution in [0.2, 0.25) is 0 Å². The number of hydrogen-bond donors (Lipinski definition) is 0. The Hall–Kier alpha value is -0.420. The minimum atomic E-state index is -4.24. The Morgan fingerprint density at radius 3 is 2.32 bits per heavy atom. The number of hydrogen-bond acceptors (Lipinski definition) is 0. The van der Waals surface area contributed by atoms with Gasteiger partial charge in [-0.25, -0.2) is 0 Å².